The number of aliphatic hydroxyl groups excluding tert-OH is 2. The molecule has 1 rings (SSSR count). The molecule has 4 nitrogen and oxygen atoms in total. The molecule has 0 aromatic heterocycles. The molecule has 0 aliphatic heterocycles. The van der Waals surface area contributed by atoms with Crippen LogP contribution in [0.25, 0.3) is 0 Å². The number of hydrogen-bond acceptors (Lipinski definition) is 3. The minimum atomic E-state index is -1.13. The van der Waals surface area contributed by atoms with Gasteiger partial charge in [0.25, 0.3) is 0 Å². The van der Waals surface area contributed by atoms with E-state index in [1.54, 1.807) is 0 Å². The fraction of sp³-hybridized carbons (Fsp3) is 0.950. The molecule has 0 saturated heterocycles. The Bertz CT molecular complexity index is 364. The largest absolute Gasteiger partial charge is 0.481 e. The third-order valence-electron chi connectivity index (χ3n) is 5.70. The Morgan fingerprint density at radius 2 is 1.80 bits per heavy atom. The van der Waals surface area contributed by atoms with Gasteiger partial charge in [-0.15, -0.1) is 0 Å². The van der Waals surface area contributed by atoms with Crippen LogP contribution in [0.1, 0.15) is 90.4 Å². The molecule has 0 bridgehead atoms. The zero-order valence-corrected chi connectivity index (χ0v) is 15.7. The quantitative estimate of drug-likeness (QED) is 0.399. The lowest BCUT2D eigenvalue weighted by molar-refractivity contribution is -0.137. The predicted molar refractivity (Wildman–Crippen MR) is 97.2 cm³/mol. The van der Waals surface area contributed by atoms with Crippen LogP contribution >= 0.6 is 0 Å². The SMILES string of the molecule is CCCCC(F)[C@@H](O)CC[C@H]1CC[C@@H](O)[C@@H]1CCCCCCC(=O)O. The van der Waals surface area contributed by atoms with E-state index in [0.29, 0.717) is 25.2 Å². The molecule has 1 fully saturated rings. The summed E-state index contributed by atoms with van der Waals surface area (Å²) in [6.45, 7) is 2.02. The van der Waals surface area contributed by atoms with Crippen LogP contribution in [0.4, 0.5) is 4.39 Å². The van der Waals surface area contributed by atoms with Crippen LogP contribution in [-0.2, 0) is 4.79 Å². The maximum atomic E-state index is 13.9. The molecule has 3 N–H and O–H groups in total. The number of halogens is 1. The van der Waals surface area contributed by atoms with Gasteiger partial charge in [0, 0.05) is 6.42 Å². The second-order valence-corrected chi connectivity index (χ2v) is 7.72. The molecule has 0 spiro atoms. The third-order valence-corrected chi connectivity index (χ3v) is 5.70. The molecule has 0 heterocycles. The first kappa shape index (κ1) is 22.4. The first-order chi connectivity index (χ1) is 12.0. The topological polar surface area (TPSA) is 77.8 Å². The Labute approximate surface area is 151 Å². The van der Waals surface area contributed by atoms with Crippen molar-refractivity contribution in [2.75, 3.05) is 0 Å². The number of hydrogen-bond donors (Lipinski definition) is 3. The molecule has 1 aliphatic carbocycles. The maximum absolute atomic E-state index is 13.9. The molecule has 5 atom stereocenters. The number of carboxylic acid groups (broad SMARTS) is 1. The van der Waals surface area contributed by atoms with Crippen molar-refractivity contribution in [3.8, 4) is 0 Å². The van der Waals surface area contributed by atoms with Crippen molar-refractivity contribution in [3.05, 3.63) is 0 Å². The highest BCUT2D eigenvalue weighted by atomic mass is 19.1. The predicted octanol–water partition coefficient (Wildman–Crippen LogP) is 4.47. The highest BCUT2D eigenvalue weighted by Crippen LogP contribution is 2.39. The molecule has 0 radical (unpaired) electrons. The minimum Gasteiger partial charge on any atom is -0.481 e. The van der Waals surface area contributed by atoms with E-state index in [1.165, 1.54) is 0 Å². The van der Waals surface area contributed by atoms with Crippen molar-refractivity contribution in [2.24, 2.45) is 11.8 Å². The van der Waals surface area contributed by atoms with E-state index in [4.69, 9.17) is 5.11 Å². The molecule has 148 valence electrons. The summed E-state index contributed by atoms with van der Waals surface area (Å²) in [5, 5.41) is 28.8. The molecular weight excluding hydrogens is 323 g/mol. The average molecular weight is 361 g/mol. The van der Waals surface area contributed by atoms with Crippen LogP contribution in [0.3, 0.4) is 0 Å². The van der Waals surface area contributed by atoms with Crippen LogP contribution in [0.5, 0.6) is 0 Å². The second-order valence-electron chi connectivity index (χ2n) is 7.72. The number of unbranched alkanes of at least 4 members (excludes halogenated alkanes) is 4. The van der Waals surface area contributed by atoms with E-state index in [9.17, 15) is 19.4 Å². The van der Waals surface area contributed by atoms with Gasteiger partial charge >= 0.3 is 5.97 Å². The summed E-state index contributed by atoms with van der Waals surface area (Å²) in [6.07, 6.45) is 7.76. The Morgan fingerprint density at radius 1 is 1.08 bits per heavy atom. The van der Waals surface area contributed by atoms with Crippen molar-refractivity contribution in [3.63, 3.8) is 0 Å². The van der Waals surface area contributed by atoms with Crippen LogP contribution < -0.4 is 0 Å². The Kier molecular flexibility index (Phi) is 11.3. The van der Waals surface area contributed by atoms with Gasteiger partial charge in [0.05, 0.1) is 12.2 Å². The van der Waals surface area contributed by atoms with E-state index in [0.717, 1.165) is 57.8 Å². The Morgan fingerprint density at radius 3 is 2.48 bits per heavy atom. The van der Waals surface area contributed by atoms with E-state index >= 15 is 0 Å². The smallest absolute Gasteiger partial charge is 0.303 e. The third kappa shape index (κ3) is 9.00. The lowest BCUT2D eigenvalue weighted by Gasteiger charge is -2.24. The van der Waals surface area contributed by atoms with Crippen molar-refractivity contribution >= 4 is 5.97 Å². The molecular formula is C20H37FO4. The summed E-state index contributed by atoms with van der Waals surface area (Å²) < 4.78 is 13.9. The van der Waals surface area contributed by atoms with Gasteiger partial charge in [-0.25, -0.2) is 4.39 Å². The molecule has 1 unspecified atom stereocenters. The summed E-state index contributed by atoms with van der Waals surface area (Å²) in [6, 6.07) is 0. The summed E-state index contributed by atoms with van der Waals surface area (Å²) >= 11 is 0. The number of aliphatic carboxylic acids is 1. The maximum Gasteiger partial charge on any atom is 0.303 e. The lowest BCUT2D eigenvalue weighted by atomic mass is 9.85. The highest BCUT2D eigenvalue weighted by molar-refractivity contribution is 5.66. The van der Waals surface area contributed by atoms with E-state index in [2.05, 4.69) is 0 Å². The van der Waals surface area contributed by atoms with E-state index in [1.807, 2.05) is 6.92 Å². The minimum absolute atomic E-state index is 0.231. The van der Waals surface area contributed by atoms with Crippen LogP contribution in [0.2, 0.25) is 0 Å². The van der Waals surface area contributed by atoms with Gasteiger partial charge in [0.1, 0.15) is 6.17 Å². The molecule has 0 aromatic rings. The fourth-order valence-corrected chi connectivity index (χ4v) is 4.08. The number of carbonyl (C=O) groups is 1. The molecule has 25 heavy (non-hydrogen) atoms. The zero-order chi connectivity index (χ0) is 18.7. The van der Waals surface area contributed by atoms with Crippen molar-refractivity contribution in [2.45, 2.75) is 109 Å². The standard InChI is InChI=1S/C20H37FO4/c1-2-3-9-17(21)19(23)14-12-15-11-13-18(22)16(15)8-6-4-5-7-10-20(24)25/h15-19,22-23H,2-14H2,1H3,(H,24,25)/t15-,16-,17?,18-,19+/m1/s1. The monoisotopic (exact) mass is 360 g/mol. The average Bonchev–Trinajstić information content (AvgIpc) is 2.93. The van der Waals surface area contributed by atoms with Crippen LogP contribution in [-0.4, -0.2) is 39.7 Å². The van der Waals surface area contributed by atoms with Crippen molar-refractivity contribution < 1.29 is 24.5 Å². The summed E-state index contributed by atoms with van der Waals surface area (Å²) in [7, 11) is 0. The molecule has 1 aliphatic rings. The number of aliphatic hydroxyl groups is 2. The molecule has 5 heteroatoms. The first-order valence-electron chi connectivity index (χ1n) is 10.2. The number of rotatable bonds is 14. The Hall–Kier alpha value is -0.680. The van der Waals surface area contributed by atoms with Gasteiger partial charge in [-0.2, -0.15) is 0 Å². The molecule has 1 saturated carbocycles. The van der Waals surface area contributed by atoms with Crippen molar-refractivity contribution in [1.29, 1.82) is 0 Å². The van der Waals surface area contributed by atoms with Gasteiger partial charge in [-0.05, 0) is 56.8 Å². The van der Waals surface area contributed by atoms with Gasteiger partial charge in [-0.3, -0.25) is 4.79 Å². The second kappa shape index (κ2) is 12.6. The first-order valence-corrected chi connectivity index (χ1v) is 10.2. The number of carboxylic acids is 1. The van der Waals surface area contributed by atoms with Gasteiger partial charge in [-0.1, -0.05) is 39.0 Å². The van der Waals surface area contributed by atoms with Crippen molar-refractivity contribution in [1.82, 2.24) is 0 Å². The summed E-state index contributed by atoms with van der Waals surface area (Å²) in [4.78, 5) is 10.5. The van der Waals surface area contributed by atoms with Gasteiger partial charge < -0.3 is 15.3 Å². The summed E-state index contributed by atoms with van der Waals surface area (Å²) in [5.74, 6) is -0.114. The zero-order valence-electron chi connectivity index (χ0n) is 15.7. The molecule has 0 aromatic carbocycles. The molecule has 0 amide bonds. The lowest BCUT2D eigenvalue weighted by Crippen LogP contribution is -2.25. The fourth-order valence-electron chi connectivity index (χ4n) is 4.08. The normalized spacial score (nSPS) is 25.8. The van der Waals surface area contributed by atoms with Crippen LogP contribution in [0.15, 0.2) is 0 Å². The summed E-state index contributed by atoms with van der Waals surface area (Å²) in [5.41, 5.74) is 0. The van der Waals surface area contributed by atoms with Crippen LogP contribution in [0, 0.1) is 11.8 Å². The Balaban J connectivity index is 2.25. The van der Waals surface area contributed by atoms with Gasteiger partial charge in [0.2, 0.25) is 0 Å². The highest BCUT2D eigenvalue weighted by Gasteiger charge is 2.34. The van der Waals surface area contributed by atoms with E-state index in [-0.39, 0.29) is 18.4 Å². The van der Waals surface area contributed by atoms with Gasteiger partial charge in [0.15, 0.2) is 0 Å². The van der Waals surface area contributed by atoms with E-state index < -0.39 is 18.2 Å². The number of alkyl halides is 1.